The van der Waals surface area contributed by atoms with Gasteiger partial charge in [0.05, 0.1) is 0 Å². The summed E-state index contributed by atoms with van der Waals surface area (Å²) >= 11 is 0. The smallest absolute Gasteiger partial charge is 0.254 e. The van der Waals surface area contributed by atoms with Crippen LogP contribution in [0.5, 0.6) is 0 Å². The van der Waals surface area contributed by atoms with E-state index in [1.54, 1.807) is 24.3 Å². The third kappa shape index (κ3) is 2.70. The summed E-state index contributed by atoms with van der Waals surface area (Å²) < 4.78 is 0. The number of nitrogens with zero attached hydrogens (tertiary/aromatic N) is 2. The van der Waals surface area contributed by atoms with Crippen LogP contribution in [0.15, 0.2) is 29.4 Å². The van der Waals surface area contributed by atoms with E-state index in [0.717, 1.165) is 13.0 Å². The largest absolute Gasteiger partial charge is 0.409 e. The highest BCUT2D eigenvalue weighted by molar-refractivity contribution is 6.01. The van der Waals surface area contributed by atoms with E-state index in [4.69, 9.17) is 10.9 Å². The van der Waals surface area contributed by atoms with Gasteiger partial charge >= 0.3 is 0 Å². The first-order valence-electron chi connectivity index (χ1n) is 6.42. The van der Waals surface area contributed by atoms with Crippen LogP contribution < -0.4 is 5.73 Å². The monoisotopic (exact) mass is 261 g/mol. The summed E-state index contributed by atoms with van der Waals surface area (Å²) in [6.45, 7) is 5.00. The van der Waals surface area contributed by atoms with E-state index in [2.05, 4.69) is 19.0 Å². The zero-order valence-corrected chi connectivity index (χ0v) is 11.2. The van der Waals surface area contributed by atoms with E-state index in [1.807, 2.05) is 4.90 Å². The van der Waals surface area contributed by atoms with Crippen LogP contribution in [-0.4, -0.2) is 34.4 Å². The van der Waals surface area contributed by atoms with Crippen molar-refractivity contribution in [1.82, 2.24) is 4.90 Å². The summed E-state index contributed by atoms with van der Waals surface area (Å²) in [5, 5.41) is 11.6. The number of hydrogen-bond acceptors (Lipinski definition) is 3. The summed E-state index contributed by atoms with van der Waals surface area (Å²) in [5.74, 6) is 0.549. The Labute approximate surface area is 112 Å². The Kier molecular flexibility index (Phi) is 3.74. The lowest BCUT2D eigenvalue weighted by Crippen LogP contribution is -2.34. The molecule has 102 valence electrons. The second kappa shape index (κ2) is 5.30. The minimum absolute atomic E-state index is 0.00411. The molecule has 2 atom stereocenters. The van der Waals surface area contributed by atoms with Crippen LogP contribution >= 0.6 is 0 Å². The van der Waals surface area contributed by atoms with Gasteiger partial charge in [-0.2, -0.15) is 0 Å². The van der Waals surface area contributed by atoms with Crippen molar-refractivity contribution in [3.8, 4) is 0 Å². The second-order valence-corrected chi connectivity index (χ2v) is 5.21. The molecule has 19 heavy (non-hydrogen) atoms. The van der Waals surface area contributed by atoms with E-state index in [-0.39, 0.29) is 17.8 Å². The number of carbonyl (C=O) groups is 1. The number of nitrogens with two attached hydrogens (primary N) is 1. The molecule has 0 saturated carbocycles. The fourth-order valence-corrected chi connectivity index (χ4v) is 2.62. The molecule has 2 unspecified atom stereocenters. The first-order valence-corrected chi connectivity index (χ1v) is 6.42. The van der Waals surface area contributed by atoms with Crippen molar-refractivity contribution in [2.45, 2.75) is 26.3 Å². The van der Waals surface area contributed by atoms with E-state index < -0.39 is 0 Å². The summed E-state index contributed by atoms with van der Waals surface area (Å²) in [6.07, 6.45) is 1.03. The van der Waals surface area contributed by atoms with Crippen LogP contribution in [0.25, 0.3) is 0 Å². The SMILES string of the molecule is CC1CC(C)N(C(=O)c2cccc(/C(N)=N/O)c2)C1. The van der Waals surface area contributed by atoms with Crippen molar-refractivity contribution in [2.75, 3.05) is 6.54 Å². The molecule has 5 heteroatoms. The van der Waals surface area contributed by atoms with Crippen LogP contribution in [-0.2, 0) is 0 Å². The third-order valence-electron chi connectivity index (χ3n) is 3.56. The number of carbonyl (C=O) groups excluding carboxylic acids is 1. The Morgan fingerprint density at radius 1 is 1.42 bits per heavy atom. The van der Waals surface area contributed by atoms with Crippen molar-refractivity contribution in [3.63, 3.8) is 0 Å². The Morgan fingerprint density at radius 3 is 2.68 bits per heavy atom. The molecule has 0 spiro atoms. The molecule has 1 saturated heterocycles. The molecule has 2 rings (SSSR count). The van der Waals surface area contributed by atoms with Crippen LogP contribution in [0.3, 0.4) is 0 Å². The van der Waals surface area contributed by atoms with E-state index in [9.17, 15) is 4.79 Å². The summed E-state index contributed by atoms with van der Waals surface area (Å²) in [5.41, 5.74) is 6.66. The van der Waals surface area contributed by atoms with Gasteiger partial charge in [0.15, 0.2) is 5.84 Å². The summed E-state index contributed by atoms with van der Waals surface area (Å²) in [6, 6.07) is 7.13. The Hall–Kier alpha value is -2.04. The van der Waals surface area contributed by atoms with Crippen LogP contribution in [0.1, 0.15) is 36.2 Å². The molecular weight excluding hydrogens is 242 g/mol. The highest BCUT2D eigenvalue weighted by atomic mass is 16.4. The maximum absolute atomic E-state index is 12.4. The standard InChI is InChI=1S/C14H19N3O2/c1-9-6-10(2)17(8-9)14(18)12-5-3-4-11(7-12)13(15)16-19/h3-5,7,9-10,19H,6,8H2,1-2H3,(H2,15,16). The van der Waals surface area contributed by atoms with E-state index in [1.165, 1.54) is 0 Å². The molecule has 5 nitrogen and oxygen atoms in total. The van der Waals surface area contributed by atoms with Crippen LogP contribution in [0.2, 0.25) is 0 Å². The summed E-state index contributed by atoms with van der Waals surface area (Å²) in [7, 11) is 0. The minimum Gasteiger partial charge on any atom is -0.409 e. The molecule has 1 aromatic carbocycles. The minimum atomic E-state index is 0.00411. The zero-order chi connectivity index (χ0) is 14.0. The van der Waals surface area contributed by atoms with Gasteiger partial charge < -0.3 is 15.8 Å². The van der Waals surface area contributed by atoms with E-state index >= 15 is 0 Å². The lowest BCUT2D eigenvalue weighted by Gasteiger charge is -2.21. The van der Waals surface area contributed by atoms with Crippen molar-refractivity contribution in [2.24, 2.45) is 16.8 Å². The number of hydrogen-bond donors (Lipinski definition) is 2. The predicted octanol–water partition coefficient (Wildman–Crippen LogP) is 1.65. The number of benzene rings is 1. The lowest BCUT2D eigenvalue weighted by atomic mass is 10.1. The average molecular weight is 261 g/mol. The molecule has 1 aromatic rings. The lowest BCUT2D eigenvalue weighted by molar-refractivity contribution is 0.0743. The van der Waals surface area contributed by atoms with Crippen molar-refractivity contribution >= 4 is 11.7 Å². The molecule has 0 radical (unpaired) electrons. The molecule has 3 N–H and O–H groups in total. The molecule has 0 aliphatic carbocycles. The van der Waals surface area contributed by atoms with Crippen LogP contribution in [0.4, 0.5) is 0 Å². The quantitative estimate of drug-likeness (QED) is 0.368. The predicted molar refractivity (Wildman–Crippen MR) is 73.2 cm³/mol. The highest BCUT2D eigenvalue weighted by Gasteiger charge is 2.30. The van der Waals surface area contributed by atoms with Gasteiger partial charge in [0, 0.05) is 23.7 Å². The molecule has 1 amide bonds. The molecule has 1 heterocycles. The first-order chi connectivity index (χ1) is 9.02. The van der Waals surface area contributed by atoms with Crippen LogP contribution in [0, 0.1) is 5.92 Å². The van der Waals surface area contributed by atoms with Crippen molar-refractivity contribution in [1.29, 1.82) is 0 Å². The maximum Gasteiger partial charge on any atom is 0.254 e. The van der Waals surface area contributed by atoms with Crippen molar-refractivity contribution in [3.05, 3.63) is 35.4 Å². The Bertz CT molecular complexity index is 513. The van der Waals surface area contributed by atoms with Gasteiger partial charge in [-0.15, -0.1) is 0 Å². The summed E-state index contributed by atoms with van der Waals surface area (Å²) in [4.78, 5) is 14.3. The fourth-order valence-electron chi connectivity index (χ4n) is 2.62. The molecule has 1 aliphatic heterocycles. The van der Waals surface area contributed by atoms with Gasteiger partial charge in [-0.25, -0.2) is 0 Å². The number of amides is 1. The molecule has 1 fully saturated rings. The Balaban J connectivity index is 2.25. The fraction of sp³-hybridized carbons (Fsp3) is 0.429. The molecule has 0 aromatic heterocycles. The first kappa shape index (κ1) is 13.4. The van der Waals surface area contributed by atoms with Gasteiger partial charge in [-0.05, 0) is 31.4 Å². The zero-order valence-electron chi connectivity index (χ0n) is 11.2. The molecular formula is C14H19N3O2. The maximum atomic E-state index is 12.4. The normalized spacial score (nSPS) is 23.7. The van der Waals surface area contributed by atoms with Crippen molar-refractivity contribution < 1.29 is 10.0 Å². The van der Waals surface area contributed by atoms with Gasteiger partial charge in [0.2, 0.25) is 0 Å². The Morgan fingerprint density at radius 2 is 2.11 bits per heavy atom. The van der Waals surface area contributed by atoms with E-state index in [0.29, 0.717) is 17.0 Å². The van der Waals surface area contributed by atoms with Gasteiger partial charge in [0.25, 0.3) is 5.91 Å². The number of likely N-dealkylation sites (tertiary alicyclic amines) is 1. The second-order valence-electron chi connectivity index (χ2n) is 5.21. The number of oxime groups is 1. The highest BCUT2D eigenvalue weighted by Crippen LogP contribution is 2.24. The molecule has 1 aliphatic rings. The topological polar surface area (TPSA) is 78.9 Å². The average Bonchev–Trinajstić information content (AvgIpc) is 2.76. The van der Waals surface area contributed by atoms with Gasteiger partial charge in [-0.3, -0.25) is 4.79 Å². The third-order valence-corrected chi connectivity index (χ3v) is 3.56. The number of rotatable bonds is 2. The van der Waals surface area contributed by atoms with Gasteiger partial charge in [-0.1, -0.05) is 24.2 Å². The number of amidine groups is 1. The van der Waals surface area contributed by atoms with Gasteiger partial charge in [0.1, 0.15) is 0 Å². The molecule has 0 bridgehead atoms.